The first kappa shape index (κ1) is 14.3. The number of hydrogen-bond donors (Lipinski definition) is 0. The van der Waals surface area contributed by atoms with Crippen LogP contribution in [0.25, 0.3) is 0 Å². The van der Waals surface area contributed by atoms with E-state index in [9.17, 15) is 9.59 Å². The van der Waals surface area contributed by atoms with Crippen LogP contribution in [0.2, 0.25) is 0 Å². The summed E-state index contributed by atoms with van der Waals surface area (Å²) >= 11 is 1.78. The van der Waals surface area contributed by atoms with Crippen molar-refractivity contribution in [1.29, 1.82) is 0 Å². The first-order valence-corrected chi connectivity index (χ1v) is 6.06. The van der Waals surface area contributed by atoms with Crippen molar-refractivity contribution in [1.82, 2.24) is 0 Å². The number of hydrogen-bond acceptors (Lipinski definition) is 5. The zero-order valence-electron chi connectivity index (χ0n) is 9.45. The molecule has 0 saturated heterocycles. The van der Waals surface area contributed by atoms with Gasteiger partial charge in [0.05, 0.1) is 14.2 Å². The summed E-state index contributed by atoms with van der Waals surface area (Å²) in [5.41, 5.74) is 0. The molecule has 0 spiro atoms. The van der Waals surface area contributed by atoms with Crippen LogP contribution in [-0.4, -0.2) is 37.7 Å². The number of carbonyl (C=O) groups is 2. The van der Waals surface area contributed by atoms with Crippen LogP contribution in [0.15, 0.2) is 0 Å². The zero-order valence-corrected chi connectivity index (χ0v) is 10.3. The van der Waals surface area contributed by atoms with Crippen molar-refractivity contribution >= 4 is 23.7 Å². The molecule has 0 bridgehead atoms. The van der Waals surface area contributed by atoms with Crippen LogP contribution < -0.4 is 0 Å². The molecule has 0 N–H and O–H groups in total. The van der Waals surface area contributed by atoms with Crippen molar-refractivity contribution in [3.8, 4) is 0 Å². The fourth-order valence-corrected chi connectivity index (χ4v) is 1.81. The van der Waals surface area contributed by atoms with E-state index in [0.29, 0.717) is 6.42 Å². The molecular formula is C10H18O4S. The molecule has 88 valence electrons. The summed E-state index contributed by atoms with van der Waals surface area (Å²) < 4.78 is 9.09. The molecule has 0 aliphatic carbocycles. The molecule has 0 aliphatic rings. The van der Waals surface area contributed by atoms with Crippen molar-refractivity contribution in [2.24, 2.45) is 5.92 Å². The molecule has 0 aromatic rings. The second kappa shape index (κ2) is 8.59. The first-order chi connectivity index (χ1) is 7.17. The average molecular weight is 234 g/mol. The van der Waals surface area contributed by atoms with Gasteiger partial charge in [-0.3, -0.25) is 9.59 Å². The van der Waals surface area contributed by atoms with Gasteiger partial charge in [-0.2, -0.15) is 11.8 Å². The van der Waals surface area contributed by atoms with E-state index in [4.69, 9.17) is 0 Å². The first-order valence-electron chi connectivity index (χ1n) is 4.90. The number of ether oxygens (including phenoxy) is 2. The summed E-state index contributed by atoms with van der Waals surface area (Å²) in [4.78, 5) is 22.5. The molecule has 0 aromatic heterocycles. The highest BCUT2D eigenvalue weighted by molar-refractivity contribution is 7.99. The second-order valence-corrected chi connectivity index (χ2v) is 4.33. The van der Waals surface area contributed by atoms with Gasteiger partial charge in [-0.25, -0.2) is 0 Å². The summed E-state index contributed by atoms with van der Waals surface area (Å²) in [7, 11) is 2.55. The van der Waals surface area contributed by atoms with Gasteiger partial charge in [-0.1, -0.05) is 6.92 Å². The summed E-state index contributed by atoms with van der Waals surface area (Å²) in [6.07, 6.45) is 1.31. The normalized spacial score (nSPS) is 10.1. The largest absolute Gasteiger partial charge is 0.468 e. The van der Waals surface area contributed by atoms with Gasteiger partial charge in [-0.05, 0) is 24.3 Å². The number of carbonyl (C=O) groups excluding carboxylic acids is 2. The molecule has 0 amide bonds. The molecule has 0 unspecified atom stereocenters. The van der Waals surface area contributed by atoms with Crippen LogP contribution in [-0.2, 0) is 19.1 Å². The fourth-order valence-electron chi connectivity index (χ4n) is 1.15. The maximum atomic E-state index is 11.2. The van der Waals surface area contributed by atoms with Gasteiger partial charge in [0.25, 0.3) is 0 Å². The predicted octanol–water partition coefficient (Wildman–Crippen LogP) is 1.48. The van der Waals surface area contributed by atoms with E-state index in [1.54, 1.807) is 11.8 Å². The SMILES string of the molecule is CCSCCCC(C(=O)OC)C(=O)OC. The van der Waals surface area contributed by atoms with Crippen molar-refractivity contribution in [3.63, 3.8) is 0 Å². The molecule has 0 fully saturated rings. The standard InChI is InChI=1S/C10H18O4S/c1-4-15-7-5-6-8(9(11)13-2)10(12)14-3/h8H,4-7H2,1-3H3. The zero-order chi connectivity index (χ0) is 11.7. The number of rotatable bonds is 7. The van der Waals surface area contributed by atoms with E-state index in [1.807, 2.05) is 0 Å². The van der Waals surface area contributed by atoms with E-state index in [-0.39, 0.29) is 0 Å². The summed E-state index contributed by atoms with van der Waals surface area (Å²) in [5.74, 6) is 0.200. The predicted molar refractivity (Wildman–Crippen MR) is 59.8 cm³/mol. The third-order valence-corrected chi connectivity index (χ3v) is 2.94. The van der Waals surface area contributed by atoms with Gasteiger partial charge in [0.1, 0.15) is 0 Å². The quantitative estimate of drug-likeness (QED) is 0.379. The molecule has 4 nitrogen and oxygen atoms in total. The van der Waals surface area contributed by atoms with E-state index in [2.05, 4.69) is 16.4 Å². The summed E-state index contributed by atoms with van der Waals surface area (Å²) in [5, 5.41) is 0. The summed E-state index contributed by atoms with van der Waals surface area (Å²) in [6.45, 7) is 2.07. The Hall–Kier alpha value is -0.710. The Morgan fingerprint density at radius 2 is 1.73 bits per heavy atom. The Balaban J connectivity index is 4.02. The van der Waals surface area contributed by atoms with Gasteiger partial charge >= 0.3 is 11.9 Å². The van der Waals surface area contributed by atoms with Crippen LogP contribution in [0, 0.1) is 5.92 Å². The van der Waals surface area contributed by atoms with Gasteiger partial charge in [0.2, 0.25) is 0 Å². The monoisotopic (exact) mass is 234 g/mol. The van der Waals surface area contributed by atoms with Crippen LogP contribution in [0.1, 0.15) is 19.8 Å². The highest BCUT2D eigenvalue weighted by Gasteiger charge is 2.27. The molecule has 5 heteroatoms. The smallest absolute Gasteiger partial charge is 0.320 e. The van der Waals surface area contributed by atoms with E-state index >= 15 is 0 Å². The van der Waals surface area contributed by atoms with Crippen molar-refractivity contribution in [2.45, 2.75) is 19.8 Å². The highest BCUT2D eigenvalue weighted by Crippen LogP contribution is 2.13. The molecule has 0 atom stereocenters. The van der Waals surface area contributed by atoms with Crippen LogP contribution >= 0.6 is 11.8 Å². The minimum absolute atomic E-state index is 0.492. The van der Waals surface area contributed by atoms with E-state index < -0.39 is 17.9 Å². The lowest BCUT2D eigenvalue weighted by molar-refractivity contribution is -0.159. The summed E-state index contributed by atoms with van der Waals surface area (Å²) in [6, 6.07) is 0. The molecule has 0 saturated carbocycles. The molecule has 0 radical (unpaired) electrons. The minimum atomic E-state index is -0.766. The Morgan fingerprint density at radius 3 is 2.13 bits per heavy atom. The fraction of sp³-hybridized carbons (Fsp3) is 0.800. The van der Waals surface area contributed by atoms with Crippen LogP contribution in [0.5, 0.6) is 0 Å². The van der Waals surface area contributed by atoms with Crippen molar-refractivity contribution in [2.75, 3.05) is 25.7 Å². The van der Waals surface area contributed by atoms with Gasteiger partial charge < -0.3 is 9.47 Å². The Kier molecular flexibility index (Phi) is 8.18. The number of thioether (sulfide) groups is 1. The maximum Gasteiger partial charge on any atom is 0.320 e. The lowest BCUT2D eigenvalue weighted by atomic mass is 10.0. The Morgan fingerprint density at radius 1 is 1.20 bits per heavy atom. The van der Waals surface area contributed by atoms with Crippen LogP contribution in [0.4, 0.5) is 0 Å². The van der Waals surface area contributed by atoms with E-state index in [1.165, 1.54) is 14.2 Å². The van der Waals surface area contributed by atoms with Gasteiger partial charge in [0, 0.05) is 0 Å². The Labute approximate surface area is 94.7 Å². The van der Waals surface area contributed by atoms with Gasteiger partial charge in [-0.15, -0.1) is 0 Å². The number of methoxy groups -OCH3 is 2. The third kappa shape index (κ3) is 5.67. The average Bonchev–Trinajstić information content (AvgIpc) is 2.27. The molecule has 0 aromatic carbocycles. The van der Waals surface area contributed by atoms with Crippen molar-refractivity contribution < 1.29 is 19.1 Å². The molecule has 15 heavy (non-hydrogen) atoms. The lowest BCUT2D eigenvalue weighted by Gasteiger charge is -2.11. The van der Waals surface area contributed by atoms with Crippen LogP contribution in [0.3, 0.4) is 0 Å². The lowest BCUT2D eigenvalue weighted by Crippen LogP contribution is -2.26. The van der Waals surface area contributed by atoms with Gasteiger partial charge in [0.15, 0.2) is 5.92 Å². The maximum absolute atomic E-state index is 11.2. The van der Waals surface area contributed by atoms with E-state index in [0.717, 1.165) is 17.9 Å². The highest BCUT2D eigenvalue weighted by atomic mass is 32.2. The minimum Gasteiger partial charge on any atom is -0.468 e. The second-order valence-electron chi connectivity index (χ2n) is 2.94. The Bertz CT molecular complexity index is 190. The molecular weight excluding hydrogens is 216 g/mol. The topological polar surface area (TPSA) is 52.6 Å². The number of esters is 2. The molecule has 0 heterocycles. The van der Waals surface area contributed by atoms with Crippen molar-refractivity contribution in [3.05, 3.63) is 0 Å². The third-order valence-electron chi connectivity index (χ3n) is 1.96. The molecule has 0 rings (SSSR count). The molecule has 0 aliphatic heterocycles.